The van der Waals surface area contributed by atoms with Gasteiger partial charge in [-0.2, -0.15) is 5.10 Å². The van der Waals surface area contributed by atoms with Crippen molar-refractivity contribution in [1.29, 1.82) is 0 Å². The van der Waals surface area contributed by atoms with Gasteiger partial charge in [-0.25, -0.2) is 8.42 Å². The van der Waals surface area contributed by atoms with Gasteiger partial charge < -0.3 is 5.32 Å². The second kappa shape index (κ2) is 6.89. The second-order valence-corrected chi connectivity index (χ2v) is 6.96. The average Bonchev–Trinajstić information content (AvgIpc) is 2.62. The molecular formula is C12H23N3O2S. The fourth-order valence-electron chi connectivity index (χ4n) is 1.75. The van der Waals surface area contributed by atoms with Crippen LogP contribution in [0, 0.1) is 13.8 Å². The third kappa shape index (κ3) is 5.18. The molecule has 104 valence electrons. The zero-order chi connectivity index (χ0) is 13.6. The summed E-state index contributed by atoms with van der Waals surface area (Å²) in [6.07, 6.45) is 0.953. The van der Waals surface area contributed by atoms with Gasteiger partial charge in [-0.1, -0.05) is 6.92 Å². The Balaban J connectivity index is 2.15. The van der Waals surface area contributed by atoms with Crippen molar-refractivity contribution in [3.05, 3.63) is 17.5 Å². The van der Waals surface area contributed by atoms with Crippen LogP contribution in [0.15, 0.2) is 6.07 Å². The van der Waals surface area contributed by atoms with E-state index >= 15 is 0 Å². The Bertz CT molecular complexity index is 466. The maximum atomic E-state index is 11.2. The zero-order valence-corrected chi connectivity index (χ0v) is 12.3. The van der Waals surface area contributed by atoms with E-state index in [-0.39, 0.29) is 11.5 Å². The molecule has 0 amide bonds. The van der Waals surface area contributed by atoms with Crippen LogP contribution >= 0.6 is 0 Å². The van der Waals surface area contributed by atoms with Crippen LogP contribution in [-0.2, 0) is 16.4 Å². The molecule has 0 atom stereocenters. The Morgan fingerprint density at radius 2 is 2.06 bits per heavy atom. The summed E-state index contributed by atoms with van der Waals surface area (Å²) in [6, 6.07) is 2.06. The average molecular weight is 273 g/mol. The molecule has 1 rings (SSSR count). The van der Waals surface area contributed by atoms with Gasteiger partial charge in [-0.05, 0) is 32.9 Å². The first-order valence-corrected chi connectivity index (χ1v) is 8.19. The Kier molecular flexibility index (Phi) is 5.81. The monoisotopic (exact) mass is 273 g/mol. The standard InChI is InChI=1S/C12H23N3O2S/c1-4-18(16,17)9-7-13-6-5-8-15-12(3)10-11(2)14-15/h10,13H,4-9H2,1-3H3. The van der Waals surface area contributed by atoms with Crippen molar-refractivity contribution in [2.24, 2.45) is 0 Å². The van der Waals surface area contributed by atoms with Crippen LogP contribution in [0.5, 0.6) is 0 Å². The Morgan fingerprint density at radius 1 is 1.33 bits per heavy atom. The van der Waals surface area contributed by atoms with Crippen LogP contribution in [-0.4, -0.2) is 42.8 Å². The summed E-state index contributed by atoms with van der Waals surface area (Å²) in [5, 5.41) is 7.53. The van der Waals surface area contributed by atoms with Gasteiger partial charge in [0.25, 0.3) is 0 Å². The van der Waals surface area contributed by atoms with Crippen molar-refractivity contribution < 1.29 is 8.42 Å². The Hall–Kier alpha value is -0.880. The van der Waals surface area contributed by atoms with Crippen LogP contribution in [0.1, 0.15) is 24.7 Å². The van der Waals surface area contributed by atoms with Crippen LogP contribution in [0.3, 0.4) is 0 Å². The minimum Gasteiger partial charge on any atom is -0.316 e. The SMILES string of the molecule is CCS(=O)(=O)CCNCCCn1nc(C)cc1C. The van der Waals surface area contributed by atoms with E-state index in [1.165, 1.54) is 5.69 Å². The number of hydrogen-bond donors (Lipinski definition) is 1. The van der Waals surface area contributed by atoms with E-state index in [9.17, 15) is 8.42 Å². The number of nitrogens with one attached hydrogen (secondary N) is 1. The molecule has 0 aliphatic carbocycles. The molecule has 5 nitrogen and oxygen atoms in total. The number of rotatable bonds is 8. The maximum absolute atomic E-state index is 11.2. The van der Waals surface area contributed by atoms with Crippen molar-refractivity contribution in [3.8, 4) is 0 Å². The zero-order valence-electron chi connectivity index (χ0n) is 11.4. The molecule has 0 spiro atoms. The van der Waals surface area contributed by atoms with Crippen molar-refractivity contribution >= 4 is 9.84 Å². The van der Waals surface area contributed by atoms with Crippen molar-refractivity contribution in [3.63, 3.8) is 0 Å². The predicted molar refractivity (Wildman–Crippen MR) is 73.5 cm³/mol. The summed E-state index contributed by atoms with van der Waals surface area (Å²) in [6.45, 7) is 7.93. The van der Waals surface area contributed by atoms with Crippen LogP contribution in [0.4, 0.5) is 0 Å². The van der Waals surface area contributed by atoms with E-state index in [0.29, 0.717) is 6.54 Å². The molecule has 0 bridgehead atoms. The highest BCUT2D eigenvalue weighted by atomic mass is 32.2. The number of hydrogen-bond acceptors (Lipinski definition) is 4. The van der Waals surface area contributed by atoms with Crippen molar-refractivity contribution in [1.82, 2.24) is 15.1 Å². The largest absolute Gasteiger partial charge is 0.316 e. The van der Waals surface area contributed by atoms with Gasteiger partial charge in [0.1, 0.15) is 0 Å². The first-order valence-electron chi connectivity index (χ1n) is 6.37. The first-order chi connectivity index (χ1) is 8.44. The fourth-order valence-corrected chi connectivity index (χ4v) is 2.50. The van der Waals surface area contributed by atoms with Crippen molar-refractivity contribution in [2.75, 3.05) is 24.6 Å². The fraction of sp³-hybridized carbons (Fsp3) is 0.750. The quantitative estimate of drug-likeness (QED) is 0.715. The van der Waals surface area contributed by atoms with Crippen LogP contribution < -0.4 is 5.32 Å². The molecule has 0 aromatic carbocycles. The summed E-state index contributed by atoms with van der Waals surface area (Å²) < 4.78 is 24.5. The molecule has 0 aliphatic rings. The molecule has 0 fully saturated rings. The van der Waals surface area contributed by atoms with Gasteiger partial charge >= 0.3 is 0 Å². The number of aromatic nitrogens is 2. The van der Waals surface area contributed by atoms with Gasteiger partial charge in [0, 0.05) is 24.5 Å². The van der Waals surface area contributed by atoms with E-state index in [1.54, 1.807) is 6.92 Å². The first kappa shape index (κ1) is 15.2. The molecule has 0 saturated carbocycles. The number of aryl methyl sites for hydroxylation is 3. The van der Waals surface area contributed by atoms with Crippen LogP contribution in [0.2, 0.25) is 0 Å². The Labute approximate surface area is 109 Å². The molecule has 1 aromatic heterocycles. The van der Waals surface area contributed by atoms with E-state index in [1.807, 2.05) is 18.5 Å². The van der Waals surface area contributed by atoms with Gasteiger partial charge in [0.2, 0.25) is 0 Å². The number of sulfone groups is 1. The maximum Gasteiger partial charge on any atom is 0.151 e. The highest BCUT2D eigenvalue weighted by Gasteiger charge is 2.05. The summed E-state index contributed by atoms with van der Waals surface area (Å²) >= 11 is 0. The lowest BCUT2D eigenvalue weighted by atomic mass is 10.4. The lowest BCUT2D eigenvalue weighted by molar-refractivity contribution is 0.536. The molecule has 1 N–H and O–H groups in total. The molecule has 1 heterocycles. The highest BCUT2D eigenvalue weighted by molar-refractivity contribution is 7.91. The van der Waals surface area contributed by atoms with Gasteiger partial charge in [0.05, 0.1) is 11.4 Å². The third-order valence-electron chi connectivity index (χ3n) is 2.86. The van der Waals surface area contributed by atoms with E-state index in [2.05, 4.69) is 16.5 Å². The van der Waals surface area contributed by atoms with Crippen molar-refractivity contribution in [2.45, 2.75) is 33.7 Å². The molecule has 1 aromatic rings. The topological polar surface area (TPSA) is 64.0 Å². The van der Waals surface area contributed by atoms with Crippen LogP contribution in [0.25, 0.3) is 0 Å². The lowest BCUT2D eigenvalue weighted by Gasteiger charge is -2.06. The molecule has 18 heavy (non-hydrogen) atoms. The normalized spacial score (nSPS) is 11.9. The lowest BCUT2D eigenvalue weighted by Crippen LogP contribution is -2.25. The summed E-state index contributed by atoms with van der Waals surface area (Å²) in [5.74, 6) is 0.448. The van der Waals surface area contributed by atoms with Gasteiger partial charge in [0.15, 0.2) is 9.84 Å². The molecule has 6 heteroatoms. The summed E-state index contributed by atoms with van der Waals surface area (Å²) in [7, 11) is -2.84. The minimum atomic E-state index is -2.84. The molecule has 0 radical (unpaired) electrons. The van der Waals surface area contributed by atoms with Gasteiger partial charge in [-0.15, -0.1) is 0 Å². The number of nitrogens with zero attached hydrogens (tertiary/aromatic N) is 2. The molecule has 0 saturated heterocycles. The minimum absolute atomic E-state index is 0.223. The summed E-state index contributed by atoms with van der Waals surface area (Å²) in [4.78, 5) is 0. The third-order valence-corrected chi connectivity index (χ3v) is 4.56. The second-order valence-electron chi connectivity index (χ2n) is 4.49. The predicted octanol–water partition coefficient (Wildman–Crippen LogP) is 0.914. The molecule has 0 aliphatic heterocycles. The van der Waals surface area contributed by atoms with E-state index < -0.39 is 9.84 Å². The molecular weight excluding hydrogens is 250 g/mol. The van der Waals surface area contributed by atoms with E-state index in [0.717, 1.165) is 25.2 Å². The highest BCUT2D eigenvalue weighted by Crippen LogP contribution is 2.02. The molecule has 0 unspecified atom stereocenters. The van der Waals surface area contributed by atoms with Gasteiger partial charge in [-0.3, -0.25) is 4.68 Å². The smallest absolute Gasteiger partial charge is 0.151 e. The van der Waals surface area contributed by atoms with E-state index in [4.69, 9.17) is 0 Å². The summed E-state index contributed by atoms with van der Waals surface area (Å²) in [5.41, 5.74) is 2.20. The Morgan fingerprint density at radius 3 is 2.61 bits per heavy atom.